The molecule has 0 N–H and O–H groups in total. The van der Waals surface area contributed by atoms with Gasteiger partial charge in [-0.05, 0) is 51.3 Å². The number of rotatable bonds is 1. The lowest BCUT2D eigenvalue weighted by molar-refractivity contribution is 0.515. The Labute approximate surface area is 116 Å². The Kier molecular flexibility index (Phi) is 2.75. The van der Waals surface area contributed by atoms with Crippen LogP contribution in [0.3, 0.4) is 0 Å². The Morgan fingerprint density at radius 3 is 2.83 bits per heavy atom. The van der Waals surface area contributed by atoms with Crippen LogP contribution >= 0.6 is 22.9 Å². The fourth-order valence-electron chi connectivity index (χ4n) is 2.71. The summed E-state index contributed by atoms with van der Waals surface area (Å²) >= 11 is 7.74. The molecule has 0 spiro atoms. The van der Waals surface area contributed by atoms with E-state index in [9.17, 15) is 0 Å². The van der Waals surface area contributed by atoms with E-state index in [1.165, 1.54) is 17.7 Å². The second-order valence-corrected chi connectivity index (χ2v) is 7.03. The molecule has 18 heavy (non-hydrogen) atoms. The van der Waals surface area contributed by atoms with Gasteiger partial charge in [0.2, 0.25) is 5.28 Å². The van der Waals surface area contributed by atoms with E-state index < -0.39 is 0 Å². The van der Waals surface area contributed by atoms with Crippen LogP contribution in [0.2, 0.25) is 5.28 Å². The summed E-state index contributed by atoms with van der Waals surface area (Å²) in [7, 11) is 0. The first-order chi connectivity index (χ1) is 8.47. The van der Waals surface area contributed by atoms with Crippen molar-refractivity contribution in [2.45, 2.75) is 39.2 Å². The van der Waals surface area contributed by atoms with Gasteiger partial charge in [0, 0.05) is 17.0 Å². The number of nitrogens with zero attached hydrogens (tertiary/aromatic N) is 3. The number of hydrogen-bond donors (Lipinski definition) is 0. The number of hydrogen-bond acceptors (Lipinski definition) is 4. The molecular formula is C13H16ClN3S. The minimum atomic E-state index is 0.153. The SMILES string of the molecule is Cc1cc2c(N3CCCC3(C)C)nc(Cl)nc2s1. The van der Waals surface area contributed by atoms with E-state index in [4.69, 9.17) is 11.6 Å². The molecule has 0 unspecified atom stereocenters. The molecule has 0 atom stereocenters. The van der Waals surface area contributed by atoms with Gasteiger partial charge in [-0.15, -0.1) is 11.3 Å². The smallest absolute Gasteiger partial charge is 0.225 e. The second kappa shape index (κ2) is 4.07. The minimum Gasteiger partial charge on any atom is -0.351 e. The van der Waals surface area contributed by atoms with E-state index in [-0.39, 0.29) is 5.54 Å². The molecule has 1 fully saturated rings. The number of aryl methyl sites for hydroxylation is 1. The predicted molar refractivity (Wildman–Crippen MR) is 77.8 cm³/mol. The zero-order chi connectivity index (χ0) is 12.9. The van der Waals surface area contributed by atoms with Crippen molar-refractivity contribution < 1.29 is 0 Å². The lowest BCUT2D eigenvalue weighted by Crippen LogP contribution is -2.38. The lowest BCUT2D eigenvalue weighted by Gasteiger charge is -2.33. The Bertz CT molecular complexity index is 606. The summed E-state index contributed by atoms with van der Waals surface area (Å²) in [6, 6.07) is 2.17. The molecule has 2 aromatic rings. The number of halogens is 1. The van der Waals surface area contributed by atoms with Gasteiger partial charge in [0.05, 0.1) is 5.39 Å². The van der Waals surface area contributed by atoms with E-state index in [0.717, 1.165) is 22.6 Å². The van der Waals surface area contributed by atoms with Crippen molar-refractivity contribution in [1.29, 1.82) is 0 Å². The zero-order valence-electron chi connectivity index (χ0n) is 10.8. The van der Waals surface area contributed by atoms with Gasteiger partial charge in [-0.25, -0.2) is 4.98 Å². The highest BCUT2D eigenvalue weighted by Crippen LogP contribution is 2.38. The van der Waals surface area contributed by atoms with Gasteiger partial charge in [-0.3, -0.25) is 0 Å². The van der Waals surface area contributed by atoms with Crippen molar-refractivity contribution in [2.24, 2.45) is 0 Å². The number of fused-ring (bicyclic) bond motifs is 1. The Hall–Kier alpha value is -0.870. The molecule has 5 heteroatoms. The van der Waals surface area contributed by atoms with Gasteiger partial charge in [-0.1, -0.05) is 0 Å². The highest BCUT2D eigenvalue weighted by Gasteiger charge is 2.34. The van der Waals surface area contributed by atoms with E-state index in [1.807, 2.05) is 0 Å². The van der Waals surface area contributed by atoms with Crippen molar-refractivity contribution in [2.75, 3.05) is 11.4 Å². The molecule has 0 saturated carbocycles. The average Bonchev–Trinajstić information content (AvgIpc) is 2.78. The molecule has 0 aromatic carbocycles. The van der Waals surface area contributed by atoms with Crippen LogP contribution in [-0.4, -0.2) is 22.1 Å². The van der Waals surface area contributed by atoms with Crippen molar-refractivity contribution in [1.82, 2.24) is 9.97 Å². The fraction of sp³-hybridized carbons (Fsp3) is 0.538. The largest absolute Gasteiger partial charge is 0.351 e. The molecule has 0 radical (unpaired) electrons. The maximum absolute atomic E-state index is 6.06. The third-order valence-corrected chi connectivity index (χ3v) is 4.74. The first-order valence-corrected chi connectivity index (χ1v) is 7.38. The van der Waals surface area contributed by atoms with Gasteiger partial charge in [-0.2, -0.15) is 4.98 Å². The summed E-state index contributed by atoms with van der Waals surface area (Å²) in [4.78, 5) is 13.4. The summed E-state index contributed by atoms with van der Waals surface area (Å²) < 4.78 is 0. The highest BCUT2D eigenvalue weighted by molar-refractivity contribution is 7.18. The Balaban J connectivity index is 2.21. The van der Waals surface area contributed by atoms with Crippen molar-refractivity contribution in [3.63, 3.8) is 0 Å². The molecular weight excluding hydrogens is 266 g/mol. The summed E-state index contributed by atoms with van der Waals surface area (Å²) in [6.07, 6.45) is 2.40. The molecule has 0 bridgehead atoms. The monoisotopic (exact) mass is 281 g/mol. The van der Waals surface area contributed by atoms with Crippen LogP contribution in [0.1, 0.15) is 31.6 Å². The van der Waals surface area contributed by atoms with E-state index >= 15 is 0 Å². The van der Waals surface area contributed by atoms with E-state index in [1.54, 1.807) is 11.3 Å². The van der Waals surface area contributed by atoms with Crippen LogP contribution in [0.25, 0.3) is 10.2 Å². The fourth-order valence-corrected chi connectivity index (χ4v) is 3.80. The van der Waals surface area contributed by atoms with Crippen LogP contribution in [0.4, 0.5) is 5.82 Å². The van der Waals surface area contributed by atoms with Crippen LogP contribution in [-0.2, 0) is 0 Å². The van der Waals surface area contributed by atoms with E-state index in [2.05, 4.69) is 41.7 Å². The molecule has 1 aliphatic heterocycles. The third kappa shape index (κ3) is 1.88. The van der Waals surface area contributed by atoms with Gasteiger partial charge in [0.25, 0.3) is 0 Å². The van der Waals surface area contributed by atoms with Crippen LogP contribution in [0, 0.1) is 6.92 Å². The maximum Gasteiger partial charge on any atom is 0.225 e. The van der Waals surface area contributed by atoms with Gasteiger partial charge >= 0.3 is 0 Å². The maximum atomic E-state index is 6.06. The number of thiophene rings is 1. The predicted octanol–water partition coefficient (Wildman–Crippen LogP) is 4.03. The van der Waals surface area contributed by atoms with Crippen molar-refractivity contribution >= 4 is 39.0 Å². The molecule has 1 saturated heterocycles. The number of anilines is 1. The molecule has 1 aliphatic rings. The average molecular weight is 282 g/mol. The molecule has 3 nitrogen and oxygen atoms in total. The van der Waals surface area contributed by atoms with Crippen LogP contribution in [0.15, 0.2) is 6.07 Å². The molecule has 3 rings (SSSR count). The summed E-state index contributed by atoms with van der Waals surface area (Å²) in [5, 5.41) is 1.49. The van der Waals surface area contributed by atoms with Crippen LogP contribution in [0.5, 0.6) is 0 Å². The van der Waals surface area contributed by atoms with Gasteiger partial charge in [0.1, 0.15) is 10.6 Å². The molecule has 96 valence electrons. The standard InChI is InChI=1S/C13H16ClN3S/c1-8-7-9-10(15-12(14)16-11(9)18-8)17-6-4-5-13(17,2)3/h7H,4-6H2,1-3H3. The van der Waals surface area contributed by atoms with Crippen molar-refractivity contribution in [3.8, 4) is 0 Å². The topological polar surface area (TPSA) is 29.0 Å². The minimum absolute atomic E-state index is 0.153. The summed E-state index contributed by atoms with van der Waals surface area (Å²) in [5.74, 6) is 0.997. The summed E-state index contributed by atoms with van der Waals surface area (Å²) in [5.41, 5.74) is 0.153. The van der Waals surface area contributed by atoms with Gasteiger partial charge < -0.3 is 4.90 Å². The highest BCUT2D eigenvalue weighted by atomic mass is 35.5. The normalized spacial score (nSPS) is 18.8. The summed E-state index contributed by atoms with van der Waals surface area (Å²) in [6.45, 7) is 7.67. The molecule has 0 aliphatic carbocycles. The van der Waals surface area contributed by atoms with E-state index in [0.29, 0.717) is 5.28 Å². The first kappa shape index (κ1) is 12.2. The second-order valence-electron chi connectivity index (χ2n) is 5.46. The number of aromatic nitrogens is 2. The Morgan fingerprint density at radius 1 is 1.39 bits per heavy atom. The van der Waals surface area contributed by atoms with Gasteiger partial charge in [0.15, 0.2) is 0 Å². The third-order valence-electron chi connectivity index (χ3n) is 3.63. The van der Waals surface area contributed by atoms with Crippen LogP contribution < -0.4 is 4.90 Å². The lowest BCUT2D eigenvalue weighted by atomic mass is 10.0. The molecule has 0 amide bonds. The molecule has 2 aromatic heterocycles. The molecule has 3 heterocycles. The van der Waals surface area contributed by atoms with Crippen molar-refractivity contribution in [3.05, 3.63) is 16.2 Å². The first-order valence-electron chi connectivity index (χ1n) is 6.19. The zero-order valence-corrected chi connectivity index (χ0v) is 12.4. The Morgan fingerprint density at radius 2 is 2.17 bits per heavy atom. The quantitative estimate of drug-likeness (QED) is 0.739.